The van der Waals surface area contributed by atoms with Crippen LogP contribution in [0.5, 0.6) is 5.75 Å². The predicted molar refractivity (Wildman–Crippen MR) is 140 cm³/mol. The van der Waals surface area contributed by atoms with Crippen molar-refractivity contribution in [1.82, 2.24) is 13.9 Å². The molecule has 0 saturated heterocycles. The Bertz CT molecular complexity index is 1360. The third-order valence-electron chi connectivity index (χ3n) is 4.79. The highest BCUT2D eigenvalue weighted by molar-refractivity contribution is 7.98. The van der Waals surface area contributed by atoms with Gasteiger partial charge in [0.2, 0.25) is 10.3 Å². The van der Waals surface area contributed by atoms with E-state index in [1.165, 1.54) is 17.8 Å². The topological polar surface area (TPSA) is 92.8 Å². The molecule has 1 amide bonds. The summed E-state index contributed by atoms with van der Waals surface area (Å²) in [6.45, 7) is 0.893. The molecule has 7 nitrogen and oxygen atoms in total. The van der Waals surface area contributed by atoms with Crippen molar-refractivity contribution >= 4 is 52.0 Å². The second-order valence-corrected chi connectivity index (χ2v) is 9.29. The summed E-state index contributed by atoms with van der Waals surface area (Å²) in [5.41, 5.74) is 1.83. The van der Waals surface area contributed by atoms with Crippen molar-refractivity contribution in [3.63, 3.8) is 0 Å². The summed E-state index contributed by atoms with van der Waals surface area (Å²) in [6.07, 6.45) is 3.40. The van der Waals surface area contributed by atoms with Crippen molar-refractivity contribution in [3.8, 4) is 11.8 Å². The maximum Gasteiger partial charge on any atom is 0.268 e. The van der Waals surface area contributed by atoms with Crippen LogP contribution in [0.4, 0.5) is 5.13 Å². The number of aromatic nitrogens is 3. The number of carbonyl (C=O) groups is 1. The Morgan fingerprint density at radius 2 is 1.97 bits per heavy atom. The van der Waals surface area contributed by atoms with Crippen LogP contribution in [0, 0.1) is 11.3 Å². The van der Waals surface area contributed by atoms with Crippen molar-refractivity contribution in [3.05, 3.63) is 94.8 Å². The average molecular weight is 522 g/mol. The molecular formula is C25H20ClN5O2S2. The fourth-order valence-corrected chi connectivity index (χ4v) is 4.77. The van der Waals surface area contributed by atoms with Crippen molar-refractivity contribution in [2.24, 2.45) is 0 Å². The summed E-state index contributed by atoms with van der Waals surface area (Å²) < 4.78 is 11.9. The first-order valence-corrected chi connectivity index (χ1v) is 12.7. The number of para-hydroxylation sites is 1. The molecular weight excluding hydrogens is 502 g/mol. The van der Waals surface area contributed by atoms with Crippen molar-refractivity contribution in [1.29, 1.82) is 5.26 Å². The maximum absolute atomic E-state index is 12.7. The summed E-state index contributed by atoms with van der Waals surface area (Å²) >= 11 is 8.68. The number of hydrogen-bond acceptors (Lipinski definition) is 7. The molecule has 0 spiro atoms. The lowest BCUT2D eigenvalue weighted by atomic mass is 10.2. The summed E-state index contributed by atoms with van der Waals surface area (Å²) in [6, 6.07) is 22.9. The van der Waals surface area contributed by atoms with E-state index in [1.54, 1.807) is 12.1 Å². The van der Waals surface area contributed by atoms with Gasteiger partial charge in [0.25, 0.3) is 5.91 Å². The first-order valence-electron chi connectivity index (χ1n) is 10.6. The molecule has 0 fully saturated rings. The standard InChI is InChI=1S/C25H20ClN5O2S2/c26-21-10-4-5-11-22(21)33-14-13-31-12-6-9-20(31)15-19(16-27)23(32)28-24-29-25(30-35-24)34-17-18-7-2-1-3-8-18/h1-12,15H,13-14,17H2,(H,28,29,30,32). The quantitative estimate of drug-likeness (QED) is 0.158. The molecule has 2 aromatic heterocycles. The number of anilines is 1. The number of halogens is 1. The van der Waals surface area contributed by atoms with Gasteiger partial charge < -0.3 is 9.30 Å². The van der Waals surface area contributed by atoms with Crippen LogP contribution >= 0.6 is 34.9 Å². The summed E-state index contributed by atoms with van der Waals surface area (Å²) in [5.74, 6) is 0.795. The van der Waals surface area contributed by atoms with Crippen LogP contribution in [0.15, 0.2) is 83.7 Å². The lowest BCUT2D eigenvalue weighted by molar-refractivity contribution is -0.112. The molecule has 2 heterocycles. The van der Waals surface area contributed by atoms with Crippen LogP contribution in [0.25, 0.3) is 6.08 Å². The smallest absolute Gasteiger partial charge is 0.268 e. The molecule has 0 bridgehead atoms. The number of hydrogen-bond donors (Lipinski definition) is 1. The van der Waals surface area contributed by atoms with E-state index >= 15 is 0 Å². The number of carbonyl (C=O) groups excluding carboxylic acids is 1. The normalized spacial score (nSPS) is 11.1. The van der Waals surface area contributed by atoms with Gasteiger partial charge in [-0.25, -0.2) is 0 Å². The van der Waals surface area contributed by atoms with E-state index in [0.717, 1.165) is 22.8 Å². The Balaban J connectivity index is 1.35. The molecule has 2 aromatic carbocycles. The van der Waals surface area contributed by atoms with Gasteiger partial charge in [-0.1, -0.05) is 65.8 Å². The fraction of sp³-hybridized carbons (Fsp3) is 0.120. The van der Waals surface area contributed by atoms with Gasteiger partial charge in [-0.05, 0) is 35.9 Å². The van der Waals surface area contributed by atoms with Gasteiger partial charge in [-0.15, -0.1) is 0 Å². The zero-order chi connectivity index (χ0) is 24.5. The fourth-order valence-electron chi connectivity index (χ4n) is 3.08. The van der Waals surface area contributed by atoms with E-state index in [4.69, 9.17) is 16.3 Å². The van der Waals surface area contributed by atoms with Gasteiger partial charge in [-0.3, -0.25) is 10.1 Å². The highest BCUT2D eigenvalue weighted by Crippen LogP contribution is 2.25. The minimum absolute atomic E-state index is 0.0364. The van der Waals surface area contributed by atoms with Gasteiger partial charge in [0.15, 0.2) is 0 Å². The number of benzene rings is 2. The van der Waals surface area contributed by atoms with E-state index in [9.17, 15) is 10.1 Å². The number of ether oxygens (including phenoxy) is 1. The van der Waals surface area contributed by atoms with Crippen molar-refractivity contribution < 1.29 is 9.53 Å². The van der Waals surface area contributed by atoms with Gasteiger partial charge in [0.1, 0.15) is 24.0 Å². The van der Waals surface area contributed by atoms with E-state index in [1.807, 2.05) is 71.4 Å². The van der Waals surface area contributed by atoms with E-state index in [2.05, 4.69) is 14.7 Å². The second-order valence-electron chi connectivity index (χ2n) is 7.19. The molecule has 0 aliphatic heterocycles. The molecule has 1 N–H and O–H groups in total. The molecule has 35 heavy (non-hydrogen) atoms. The van der Waals surface area contributed by atoms with Gasteiger partial charge >= 0.3 is 0 Å². The van der Waals surface area contributed by atoms with Gasteiger partial charge in [0, 0.05) is 29.2 Å². The SMILES string of the molecule is N#CC(=Cc1cccn1CCOc1ccccc1Cl)C(=O)Nc1nc(SCc2ccccc2)ns1. The van der Waals surface area contributed by atoms with Crippen LogP contribution < -0.4 is 10.1 Å². The van der Waals surface area contributed by atoms with Crippen LogP contribution in [0.3, 0.4) is 0 Å². The second kappa shape index (κ2) is 12.2. The highest BCUT2D eigenvalue weighted by atomic mass is 35.5. The highest BCUT2D eigenvalue weighted by Gasteiger charge is 2.14. The molecule has 4 rings (SSSR count). The van der Waals surface area contributed by atoms with Gasteiger partial charge in [-0.2, -0.15) is 14.6 Å². The molecule has 176 valence electrons. The Kier molecular flexibility index (Phi) is 8.57. The lowest BCUT2D eigenvalue weighted by Crippen LogP contribution is -2.14. The van der Waals surface area contributed by atoms with Crippen LogP contribution in [-0.4, -0.2) is 26.4 Å². The van der Waals surface area contributed by atoms with Crippen molar-refractivity contribution in [2.45, 2.75) is 17.5 Å². The lowest BCUT2D eigenvalue weighted by Gasteiger charge is -2.10. The molecule has 0 unspecified atom stereocenters. The Hall–Kier alpha value is -3.58. The molecule has 4 aromatic rings. The summed E-state index contributed by atoms with van der Waals surface area (Å²) in [7, 11) is 0. The van der Waals surface area contributed by atoms with Gasteiger partial charge in [0.05, 0.1) is 11.6 Å². The van der Waals surface area contributed by atoms with Crippen LogP contribution in [0.1, 0.15) is 11.3 Å². The van der Waals surface area contributed by atoms with Crippen molar-refractivity contribution in [2.75, 3.05) is 11.9 Å². The third-order valence-corrected chi connectivity index (χ3v) is 6.76. The zero-order valence-electron chi connectivity index (χ0n) is 18.4. The minimum atomic E-state index is -0.539. The first-order chi connectivity index (χ1) is 17.1. The number of nitrogens with zero attached hydrogens (tertiary/aromatic N) is 4. The van der Waals surface area contributed by atoms with E-state index < -0.39 is 5.91 Å². The average Bonchev–Trinajstić information content (AvgIpc) is 3.52. The number of amides is 1. The number of nitriles is 1. The van der Waals surface area contributed by atoms with E-state index in [0.29, 0.717) is 39.9 Å². The molecule has 0 saturated carbocycles. The third kappa shape index (κ3) is 6.96. The summed E-state index contributed by atoms with van der Waals surface area (Å²) in [5, 5.41) is 13.7. The Morgan fingerprint density at radius 3 is 2.77 bits per heavy atom. The predicted octanol–water partition coefficient (Wildman–Crippen LogP) is 5.91. The zero-order valence-corrected chi connectivity index (χ0v) is 20.8. The number of thioether (sulfide) groups is 1. The molecule has 0 atom stereocenters. The van der Waals surface area contributed by atoms with Crippen LogP contribution in [0.2, 0.25) is 5.02 Å². The molecule has 10 heteroatoms. The minimum Gasteiger partial charge on any atom is -0.490 e. The largest absolute Gasteiger partial charge is 0.490 e. The molecule has 0 aliphatic rings. The first kappa shape index (κ1) is 24.5. The Morgan fingerprint density at radius 1 is 1.17 bits per heavy atom. The molecule has 0 radical (unpaired) electrons. The molecule has 0 aliphatic carbocycles. The summed E-state index contributed by atoms with van der Waals surface area (Å²) in [4.78, 5) is 17.0. The maximum atomic E-state index is 12.7. The monoisotopic (exact) mass is 521 g/mol. The Labute approximate surface area is 216 Å². The number of nitrogens with one attached hydrogen (secondary N) is 1. The number of rotatable bonds is 10. The van der Waals surface area contributed by atoms with Crippen LogP contribution in [-0.2, 0) is 17.1 Å². The van der Waals surface area contributed by atoms with E-state index in [-0.39, 0.29) is 5.57 Å².